The third-order valence-electron chi connectivity index (χ3n) is 2.41. The highest BCUT2D eigenvalue weighted by Crippen LogP contribution is 2.08. The van der Waals surface area contributed by atoms with E-state index in [0.29, 0.717) is 6.04 Å². The van der Waals surface area contributed by atoms with Crippen molar-refractivity contribution < 1.29 is 4.79 Å². The molecule has 0 atom stereocenters. The smallest absolute Gasteiger partial charge is 0.318 e. The summed E-state index contributed by atoms with van der Waals surface area (Å²) in [4.78, 5) is 13.9. The van der Waals surface area contributed by atoms with E-state index in [2.05, 4.69) is 17.6 Å². The molecule has 0 saturated carbocycles. The molecule has 1 aliphatic rings. The molecule has 1 heterocycles. The molecule has 4 heteroatoms. The van der Waals surface area contributed by atoms with Crippen LogP contribution in [-0.4, -0.2) is 42.1 Å². The maximum atomic E-state index is 12.0. The van der Waals surface area contributed by atoms with Crippen molar-refractivity contribution in [2.75, 3.05) is 19.6 Å². The minimum absolute atomic E-state index is 0.0656. The zero-order valence-corrected chi connectivity index (χ0v) is 10.3. The number of hydrogen-bond donors (Lipinski definition) is 2. The van der Waals surface area contributed by atoms with Crippen molar-refractivity contribution in [3.05, 3.63) is 0 Å². The molecule has 1 aliphatic heterocycles. The molecular formula is C11H23N3O. The van der Waals surface area contributed by atoms with Gasteiger partial charge in [0, 0.05) is 25.2 Å². The molecule has 1 rings (SSSR count). The number of amides is 2. The summed E-state index contributed by atoms with van der Waals surface area (Å²) < 4.78 is 0. The van der Waals surface area contributed by atoms with Crippen LogP contribution in [0.5, 0.6) is 0 Å². The van der Waals surface area contributed by atoms with Crippen molar-refractivity contribution in [2.24, 2.45) is 0 Å². The average Bonchev–Trinajstić information content (AvgIpc) is 1.96. The number of nitrogens with zero attached hydrogens (tertiary/aromatic N) is 1. The number of nitrogens with one attached hydrogen (secondary N) is 2. The van der Waals surface area contributed by atoms with Crippen LogP contribution in [0.15, 0.2) is 0 Å². The average molecular weight is 213 g/mol. The molecule has 2 N–H and O–H groups in total. The van der Waals surface area contributed by atoms with E-state index in [9.17, 15) is 4.79 Å². The molecule has 0 aromatic carbocycles. The Morgan fingerprint density at radius 3 is 2.40 bits per heavy atom. The zero-order valence-electron chi connectivity index (χ0n) is 10.3. The maximum absolute atomic E-state index is 12.0. The lowest BCUT2D eigenvalue weighted by molar-refractivity contribution is 0.143. The van der Waals surface area contributed by atoms with Crippen molar-refractivity contribution >= 4 is 6.03 Å². The summed E-state index contributed by atoms with van der Waals surface area (Å²) in [7, 11) is 0. The fourth-order valence-electron chi connectivity index (χ4n) is 1.58. The highest BCUT2D eigenvalue weighted by molar-refractivity contribution is 5.75. The van der Waals surface area contributed by atoms with Gasteiger partial charge in [0.05, 0.1) is 6.04 Å². The second-order valence-corrected chi connectivity index (χ2v) is 5.19. The van der Waals surface area contributed by atoms with E-state index in [4.69, 9.17) is 0 Å². The topological polar surface area (TPSA) is 44.4 Å². The monoisotopic (exact) mass is 213 g/mol. The van der Waals surface area contributed by atoms with E-state index < -0.39 is 0 Å². The Kier molecular flexibility index (Phi) is 3.97. The molecule has 0 bridgehead atoms. The number of urea groups is 1. The zero-order chi connectivity index (χ0) is 11.5. The molecule has 0 unspecified atom stereocenters. The van der Waals surface area contributed by atoms with Crippen LogP contribution in [0.1, 0.15) is 34.1 Å². The van der Waals surface area contributed by atoms with Gasteiger partial charge in [-0.2, -0.15) is 0 Å². The number of carbonyl (C=O) groups is 1. The summed E-state index contributed by atoms with van der Waals surface area (Å²) in [6, 6.07) is 0.447. The molecule has 15 heavy (non-hydrogen) atoms. The second kappa shape index (κ2) is 4.84. The van der Waals surface area contributed by atoms with Gasteiger partial charge in [-0.3, -0.25) is 0 Å². The molecule has 0 aromatic rings. The summed E-state index contributed by atoms with van der Waals surface area (Å²) in [5, 5.41) is 6.21. The highest BCUT2D eigenvalue weighted by Gasteiger charge is 2.29. The number of hydrogen-bond acceptors (Lipinski definition) is 2. The van der Waals surface area contributed by atoms with Crippen molar-refractivity contribution in [3.63, 3.8) is 0 Å². The molecule has 0 spiro atoms. The molecule has 4 nitrogen and oxygen atoms in total. The molecule has 2 amide bonds. The third kappa shape index (κ3) is 3.70. The largest absolute Gasteiger partial charge is 0.333 e. The molecule has 1 saturated heterocycles. The fourth-order valence-corrected chi connectivity index (χ4v) is 1.58. The first-order chi connectivity index (χ1) is 6.94. The van der Waals surface area contributed by atoms with Gasteiger partial charge >= 0.3 is 6.03 Å². The first-order valence-corrected chi connectivity index (χ1v) is 5.73. The van der Waals surface area contributed by atoms with E-state index in [-0.39, 0.29) is 11.6 Å². The number of carbonyl (C=O) groups excluding carboxylic acids is 1. The standard InChI is InChI=1S/C11H23N3O/c1-5-6-14(9-7-12-8-9)10(15)13-11(2,3)4/h9,12H,5-8H2,1-4H3,(H,13,15). The van der Waals surface area contributed by atoms with Gasteiger partial charge in [-0.05, 0) is 27.2 Å². The van der Waals surface area contributed by atoms with Gasteiger partial charge in [-0.25, -0.2) is 4.79 Å². The van der Waals surface area contributed by atoms with Crippen molar-refractivity contribution in [2.45, 2.75) is 45.7 Å². The van der Waals surface area contributed by atoms with Gasteiger partial charge in [-0.15, -0.1) is 0 Å². The van der Waals surface area contributed by atoms with Crippen LogP contribution in [0.25, 0.3) is 0 Å². The van der Waals surface area contributed by atoms with Gasteiger partial charge in [0.15, 0.2) is 0 Å². The lowest BCUT2D eigenvalue weighted by atomic mass is 10.1. The molecule has 0 aliphatic carbocycles. The Morgan fingerprint density at radius 1 is 1.47 bits per heavy atom. The second-order valence-electron chi connectivity index (χ2n) is 5.19. The number of rotatable bonds is 3. The Bertz CT molecular complexity index is 218. The van der Waals surface area contributed by atoms with Crippen molar-refractivity contribution in [1.29, 1.82) is 0 Å². The van der Waals surface area contributed by atoms with Crippen LogP contribution in [0, 0.1) is 0 Å². The molecule has 88 valence electrons. The predicted octanol–water partition coefficient (Wildman–Crippen LogP) is 1.18. The van der Waals surface area contributed by atoms with Gasteiger partial charge < -0.3 is 15.5 Å². The maximum Gasteiger partial charge on any atom is 0.318 e. The fraction of sp³-hybridized carbons (Fsp3) is 0.909. The van der Waals surface area contributed by atoms with Crippen LogP contribution < -0.4 is 10.6 Å². The lowest BCUT2D eigenvalue weighted by Crippen LogP contribution is -2.62. The van der Waals surface area contributed by atoms with E-state index in [1.807, 2.05) is 25.7 Å². The Labute approximate surface area is 92.4 Å². The summed E-state index contributed by atoms with van der Waals surface area (Å²) >= 11 is 0. The predicted molar refractivity (Wildman–Crippen MR) is 61.9 cm³/mol. The molecular weight excluding hydrogens is 190 g/mol. The summed E-state index contributed by atoms with van der Waals surface area (Å²) in [5.74, 6) is 0. The SMILES string of the molecule is CCCN(C(=O)NC(C)(C)C)C1CNC1. The van der Waals surface area contributed by atoms with Crippen LogP contribution in [-0.2, 0) is 0 Å². The van der Waals surface area contributed by atoms with Crippen LogP contribution >= 0.6 is 0 Å². The van der Waals surface area contributed by atoms with E-state index in [1.54, 1.807) is 0 Å². The lowest BCUT2D eigenvalue weighted by Gasteiger charge is -2.39. The van der Waals surface area contributed by atoms with E-state index in [1.165, 1.54) is 0 Å². The Balaban J connectivity index is 2.50. The van der Waals surface area contributed by atoms with Crippen LogP contribution in [0.2, 0.25) is 0 Å². The van der Waals surface area contributed by atoms with E-state index >= 15 is 0 Å². The van der Waals surface area contributed by atoms with Gasteiger partial charge in [0.1, 0.15) is 0 Å². The van der Waals surface area contributed by atoms with E-state index in [0.717, 1.165) is 26.1 Å². The highest BCUT2D eigenvalue weighted by atomic mass is 16.2. The van der Waals surface area contributed by atoms with Crippen LogP contribution in [0.4, 0.5) is 4.79 Å². The normalized spacial score (nSPS) is 17.1. The van der Waals surface area contributed by atoms with Crippen molar-refractivity contribution in [3.8, 4) is 0 Å². The first-order valence-electron chi connectivity index (χ1n) is 5.73. The molecule has 0 aromatic heterocycles. The third-order valence-corrected chi connectivity index (χ3v) is 2.41. The van der Waals surface area contributed by atoms with Crippen molar-refractivity contribution in [1.82, 2.24) is 15.5 Å². The Morgan fingerprint density at radius 2 is 2.07 bits per heavy atom. The quantitative estimate of drug-likeness (QED) is 0.739. The van der Waals surface area contributed by atoms with Gasteiger partial charge in [-0.1, -0.05) is 6.92 Å². The molecule has 1 fully saturated rings. The summed E-state index contributed by atoms with van der Waals surface area (Å²) in [6.07, 6.45) is 1.01. The minimum atomic E-state index is -0.153. The summed E-state index contributed by atoms with van der Waals surface area (Å²) in [6.45, 7) is 10.8. The molecule has 0 radical (unpaired) electrons. The van der Waals surface area contributed by atoms with Gasteiger partial charge in [0.25, 0.3) is 0 Å². The summed E-state index contributed by atoms with van der Waals surface area (Å²) in [5.41, 5.74) is -0.153. The van der Waals surface area contributed by atoms with Gasteiger partial charge in [0.2, 0.25) is 0 Å². The first kappa shape index (κ1) is 12.3. The minimum Gasteiger partial charge on any atom is -0.333 e. The van der Waals surface area contributed by atoms with Crippen LogP contribution in [0.3, 0.4) is 0 Å². The Hall–Kier alpha value is -0.770.